The van der Waals surface area contributed by atoms with Crippen LogP contribution in [0, 0.1) is 0 Å². The van der Waals surface area contributed by atoms with Crippen molar-refractivity contribution in [2.75, 3.05) is 52.8 Å². The Bertz CT molecular complexity index is 1040. The number of ketones is 1. The van der Waals surface area contributed by atoms with Gasteiger partial charge in [-0.25, -0.2) is 0 Å². The molecule has 0 aromatic heterocycles. The summed E-state index contributed by atoms with van der Waals surface area (Å²) in [4.78, 5) is 31.7. The Balaban J connectivity index is 2.06. The second-order valence-electron chi connectivity index (χ2n) is 9.01. The molecule has 3 rings (SSSR count). The minimum Gasteiger partial charge on any atom is -0.507 e. The molecule has 2 aromatic rings. The van der Waals surface area contributed by atoms with Gasteiger partial charge in [0, 0.05) is 38.4 Å². The highest BCUT2D eigenvalue weighted by molar-refractivity contribution is 6.46. The lowest BCUT2D eigenvalue weighted by molar-refractivity contribution is -0.140. The van der Waals surface area contributed by atoms with E-state index in [1.807, 2.05) is 68.3 Å². The molecule has 1 heterocycles. The van der Waals surface area contributed by atoms with Crippen LogP contribution in [-0.2, 0) is 9.59 Å². The van der Waals surface area contributed by atoms with Crippen molar-refractivity contribution in [1.82, 2.24) is 9.80 Å². The number of benzene rings is 2. The topological polar surface area (TPSA) is 73.3 Å². The summed E-state index contributed by atoms with van der Waals surface area (Å²) in [5.74, 6) is -0.838. The van der Waals surface area contributed by atoms with Crippen LogP contribution in [-0.4, -0.2) is 74.5 Å². The number of amides is 1. The quantitative estimate of drug-likeness (QED) is 0.248. The summed E-state index contributed by atoms with van der Waals surface area (Å²) < 4.78 is 5.77. The van der Waals surface area contributed by atoms with Crippen LogP contribution in [0.25, 0.3) is 5.76 Å². The van der Waals surface area contributed by atoms with Crippen LogP contribution in [0.2, 0.25) is 0 Å². The number of rotatable bonds is 10. The molecule has 1 unspecified atom stereocenters. The standard InChI is InChI=1S/C27H35N3O4/c1-6-7-17-34-22-10-8-9-20(18-22)25(31)23-24(19-11-13-21(14-12-19)29(4)5)30(16-15-28(2)3)27(33)26(23)32/h8-14,18,24,31H,6-7,15-17H2,1-5H3/b25-23+. The van der Waals surface area contributed by atoms with Crippen molar-refractivity contribution in [1.29, 1.82) is 0 Å². The molecule has 1 aliphatic rings. The number of Topliss-reactive ketones (excluding diaryl/α,β-unsaturated/α-hetero) is 1. The van der Waals surface area contributed by atoms with Crippen LogP contribution in [0.15, 0.2) is 54.1 Å². The van der Waals surface area contributed by atoms with E-state index < -0.39 is 17.7 Å². The van der Waals surface area contributed by atoms with Gasteiger partial charge in [-0.15, -0.1) is 0 Å². The molecule has 1 N–H and O–H groups in total. The summed E-state index contributed by atoms with van der Waals surface area (Å²) in [7, 11) is 7.74. The molecule has 1 aliphatic heterocycles. The maximum Gasteiger partial charge on any atom is 0.295 e. The van der Waals surface area contributed by atoms with Crippen molar-refractivity contribution in [3.63, 3.8) is 0 Å². The van der Waals surface area contributed by atoms with Gasteiger partial charge in [-0.2, -0.15) is 0 Å². The van der Waals surface area contributed by atoms with Gasteiger partial charge in [0.15, 0.2) is 0 Å². The third kappa shape index (κ3) is 5.59. The number of unbranched alkanes of at least 4 members (excludes halogenated alkanes) is 1. The van der Waals surface area contributed by atoms with E-state index in [1.165, 1.54) is 0 Å². The zero-order valence-corrected chi connectivity index (χ0v) is 20.7. The molecular formula is C27H35N3O4. The number of ether oxygens (including phenoxy) is 1. The first kappa shape index (κ1) is 25.3. The zero-order chi connectivity index (χ0) is 24.8. The number of carbonyl (C=O) groups excluding carboxylic acids is 2. The second kappa shape index (κ2) is 11.2. The van der Waals surface area contributed by atoms with Crippen molar-refractivity contribution < 1.29 is 19.4 Å². The Morgan fingerprint density at radius 3 is 2.38 bits per heavy atom. The van der Waals surface area contributed by atoms with Crippen molar-refractivity contribution in [3.05, 3.63) is 65.2 Å². The number of anilines is 1. The number of hydrogen-bond donors (Lipinski definition) is 1. The Hall–Kier alpha value is -3.32. The molecule has 7 nitrogen and oxygen atoms in total. The van der Waals surface area contributed by atoms with E-state index in [1.54, 1.807) is 23.1 Å². The molecule has 34 heavy (non-hydrogen) atoms. The van der Waals surface area contributed by atoms with E-state index in [0.717, 1.165) is 24.1 Å². The van der Waals surface area contributed by atoms with Gasteiger partial charge in [0.1, 0.15) is 11.5 Å². The van der Waals surface area contributed by atoms with Crippen molar-refractivity contribution in [2.24, 2.45) is 0 Å². The Morgan fingerprint density at radius 1 is 1.06 bits per heavy atom. The molecule has 1 atom stereocenters. The fraction of sp³-hybridized carbons (Fsp3) is 0.407. The van der Waals surface area contributed by atoms with Gasteiger partial charge < -0.3 is 24.5 Å². The van der Waals surface area contributed by atoms with Crippen LogP contribution >= 0.6 is 0 Å². The van der Waals surface area contributed by atoms with Gasteiger partial charge in [-0.05, 0) is 50.3 Å². The smallest absolute Gasteiger partial charge is 0.295 e. The maximum atomic E-state index is 13.2. The van der Waals surface area contributed by atoms with Gasteiger partial charge in [-0.1, -0.05) is 37.6 Å². The van der Waals surface area contributed by atoms with E-state index >= 15 is 0 Å². The van der Waals surface area contributed by atoms with Crippen molar-refractivity contribution >= 4 is 23.1 Å². The predicted octanol–water partition coefficient (Wildman–Crippen LogP) is 3.91. The monoisotopic (exact) mass is 465 g/mol. The van der Waals surface area contributed by atoms with E-state index in [4.69, 9.17) is 4.74 Å². The lowest BCUT2D eigenvalue weighted by Gasteiger charge is -2.27. The largest absolute Gasteiger partial charge is 0.507 e. The highest BCUT2D eigenvalue weighted by Gasteiger charge is 2.45. The van der Waals surface area contributed by atoms with E-state index in [9.17, 15) is 14.7 Å². The number of aliphatic hydroxyl groups is 1. The highest BCUT2D eigenvalue weighted by atomic mass is 16.5. The zero-order valence-electron chi connectivity index (χ0n) is 20.7. The molecule has 1 fully saturated rings. The molecule has 182 valence electrons. The number of nitrogens with zero attached hydrogens (tertiary/aromatic N) is 3. The third-order valence-electron chi connectivity index (χ3n) is 5.93. The fourth-order valence-corrected chi connectivity index (χ4v) is 3.94. The predicted molar refractivity (Wildman–Crippen MR) is 135 cm³/mol. The number of carbonyl (C=O) groups is 2. The minimum absolute atomic E-state index is 0.104. The molecular weight excluding hydrogens is 430 g/mol. The summed E-state index contributed by atoms with van der Waals surface area (Å²) in [6, 6.07) is 14.1. The minimum atomic E-state index is -0.671. The van der Waals surface area contributed by atoms with Gasteiger partial charge >= 0.3 is 0 Å². The van der Waals surface area contributed by atoms with Gasteiger partial charge in [0.05, 0.1) is 18.2 Å². The lowest BCUT2D eigenvalue weighted by atomic mass is 9.95. The van der Waals surface area contributed by atoms with Gasteiger partial charge in [0.2, 0.25) is 0 Å². The molecule has 0 bridgehead atoms. The van der Waals surface area contributed by atoms with Crippen molar-refractivity contribution in [2.45, 2.75) is 25.8 Å². The van der Waals surface area contributed by atoms with E-state index in [0.29, 0.717) is 31.0 Å². The Labute approximate surface area is 202 Å². The summed E-state index contributed by atoms with van der Waals surface area (Å²) in [6.45, 7) is 3.63. The van der Waals surface area contributed by atoms with Crippen LogP contribution in [0.4, 0.5) is 5.69 Å². The summed E-state index contributed by atoms with van der Waals surface area (Å²) in [5.41, 5.74) is 2.34. The number of hydrogen-bond acceptors (Lipinski definition) is 6. The normalized spacial score (nSPS) is 17.5. The van der Waals surface area contributed by atoms with Crippen LogP contribution < -0.4 is 9.64 Å². The molecule has 1 amide bonds. The summed E-state index contributed by atoms with van der Waals surface area (Å²) in [5, 5.41) is 11.3. The highest BCUT2D eigenvalue weighted by Crippen LogP contribution is 2.40. The average molecular weight is 466 g/mol. The number of aliphatic hydroxyl groups excluding tert-OH is 1. The maximum absolute atomic E-state index is 13.2. The third-order valence-corrected chi connectivity index (χ3v) is 5.93. The first-order valence-corrected chi connectivity index (χ1v) is 11.7. The van der Waals surface area contributed by atoms with Gasteiger partial charge in [0.25, 0.3) is 11.7 Å². The molecule has 0 saturated carbocycles. The van der Waals surface area contributed by atoms with Crippen LogP contribution in [0.5, 0.6) is 5.75 Å². The van der Waals surface area contributed by atoms with E-state index in [2.05, 4.69) is 6.92 Å². The first-order valence-electron chi connectivity index (χ1n) is 11.7. The SMILES string of the molecule is CCCCOc1cccc(/C(O)=C2\C(=O)C(=O)N(CCN(C)C)C2c2ccc(N(C)C)cc2)c1. The van der Waals surface area contributed by atoms with Gasteiger partial charge in [-0.3, -0.25) is 9.59 Å². The lowest BCUT2D eigenvalue weighted by Crippen LogP contribution is -2.35. The van der Waals surface area contributed by atoms with Crippen LogP contribution in [0.3, 0.4) is 0 Å². The molecule has 1 saturated heterocycles. The molecule has 2 aromatic carbocycles. The second-order valence-corrected chi connectivity index (χ2v) is 9.01. The molecule has 0 spiro atoms. The number of likely N-dealkylation sites (tertiary alicyclic amines) is 1. The summed E-state index contributed by atoms with van der Waals surface area (Å²) >= 11 is 0. The Morgan fingerprint density at radius 2 is 1.76 bits per heavy atom. The Kier molecular flexibility index (Phi) is 8.34. The average Bonchev–Trinajstić information content (AvgIpc) is 3.07. The molecule has 0 radical (unpaired) electrons. The van der Waals surface area contributed by atoms with Crippen LogP contribution in [0.1, 0.15) is 36.9 Å². The first-order chi connectivity index (χ1) is 16.2. The number of likely N-dealkylation sites (N-methyl/N-ethyl adjacent to an activating group) is 1. The summed E-state index contributed by atoms with van der Waals surface area (Å²) in [6.07, 6.45) is 1.94. The molecule has 0 aliphatic carbocycles. The van der Waals surface area contributed by atoms with E-state index in [-0.39, 0.29) is 11.3 Å². The molecule has 7 heteroatoms. The van der Waals surface area contributed by atoms with Crippen molar-refractivity contribution in [3.8, 4) is 5.75 Å². The fourth-order valence-electron chi connectivity index (χ4n) is 3.94.